The summed E-state index contributed by atoms with van der Waals surface area (Å²) in [6.07, 6.45) is 2.86. The third kappa shape index (κ3) is 4.22. The fourth-order valence-electron chi connectivity index (χ4n) is 3.59. The molecule has 0 bridgehead atoms. The summed E-state index contributed by atoms with van der Waals surface area (Å²) in [5.41, 5.74) is 3.90. The topological polar surface area (TPSA) is 56.6 Å². The Kier molecular flexibility index (Phi) is 6.40. The van der Waals surface area contributed by atoms with E-state index < -0.39 is 0 Å². The van der Waals surface area contributed by atoms with Crippen molar-refractivity contribution < 1.29 is 14.3 Å². The molecule has 0 unspecified atom stereocenters. The van der Waals surface area contributed by atoms with Crippen LogP contribution in [0.5, 0.6) is 5.75 Å². The number of benzene rings is 2. The van der Waals surface area contributed by atoms with E-state index in [0.717, 1.165) is 34.7 Å². The first-order valence-corrected chi connectivity index (χ1v) is 11.0. The number of carbonyl (C=O) groups excluding carboxylic acids is 1. The number of rotatable bonds is 8. The first-order valence-electron chi connectivity index (χ1n) is 9.90. The standard InChI is InChI=1S/C23H25N3O3S/c1-28-14-6-13-25-21(27)16-30-23(25)20-15-26(18-7-4-3-5-8-18)24-22(20)17-9-11-19(29-2)12-10-17/h3-5,7-12,15,23H,6,13-14,16H2,1-2H3/t23-/m0/s1. The summed E-state index contributed by atoms with van der Waals surface area (Å²) in [5.74, 6) is 1.44. The number of thioether (sulfide) groups is 1. The summed E-state index contributed by atoms with van der Waals surface area (Å²) >= 11 is 1.65. The fraction of sp³-hybridized carbons (Fsp3) is 0.304. The molecular formula is C23H25N3O3S. The zero-order chi connectivity index (χ0) is 20.9. The second-order valence-corrected chi connectivity index (χ2v) is 8.11. The minimum Gasteiger partial charge on any atom is -0.497 e. The number of hydrogen-bond acceptors (Lipinski definition) is 5. The number of carbonyl (C=O) groups is 1. The van der Waals surface area contributed by atoms with Crippen molar-refractivity contribution in [3.63, 3.8) is 0 Å². The van der Waals surface area contributed by atoms with Gasteiger partial charge in [0.15, 0.2) is 0 Å². The first kappa shape index (κ1) is 20.5. The highest BCUT2D eigenvalue weighted by Crippen LogP contribution is 2.43. The predicted octanol–water partition coefficient (Wildman–Crippen LogP) is 4.16. The van der Waals surface area contributed by atoms with Crippen molar-refractivity contribution >= 4 is 17.7 Å². The number of methoxy groups -OCH3 is 2. The largest absolute Gasteiger partial charge is 0.497 e. The van der Waals surface area contributed by atoms with Crippen LogP contribution in [0.1, 0.15) is 17.4 Å². The first-order chi connectivity index (χ1) is 14.7. The number of nitrogens with zero attached hydrogens (tertiary/aromatic N) is 3. The molecule has 156 valence electrons. The lowest BCUT2D eigenvalue weighted by molar-refractivity contribution is -0.128. The molecule has 30 heavy (non-hydrogen) atoms. The Bertz CT molecular complexity index is 989. The normalized spacial score (nSPS) is 16.3. The van der Waals surface area contributed by atoms with Gasteiger partial charge in [0.05, 0.1) is 24.2 Å². The Hall–Kier alpha value is -2.77. The highest BCUT2D eigenvalue weighted by molar-refractivity contribution is 8.00. The van der Waals surface area contributed by atoms with Crippen molar-refractivity contribution in [2.24, 2.45) is 0 Å². The van der Waals surface area contributed by atoms with Gasteiger partial charge in [-0.3, -0.25) is 4.79 Å². The summed E-state index contributed by atoms with van der Waals surface area (Å²) in [6, 6.07) is 17.9. The summed E-state index contributed by atoms with van der Waals surface area (Å²) in [7, 11) is 3.34. The SMILES string of the molecule is COCCCN1C(=O)CS[C@H]1c1cn(-c2ccccc2)nc1-c1ccc(OC)cc1. The molecule has 1 aromatic heterocycles. The van der Waals surface area contributed by atoms with E-state index in [1.54, 1.807) is 26.0 Å². The molecule has 4 rings (SSSR count). The van der Waals surface area contributed by atoms with Crippen LogP contribution in [0.25, 0.3) is 16.9 Å². The molecule has 7 heteroatoms. The second-order valence-electron chi connectivity index (χ2n) is 7.04. The van der Waals surface area contributed by atoms with Crippen molar-refractivity contribution in [3.05, 3.63) is 66.4 Å². The lowest BCUT2D eigenvalue weighted by Gasteiger charge is -2.24. The van der Waals surface area contributed by atoms with Gasteiger partial charge in [0.25, 0.3) is 0 Å². The van der Waals surface area contributed by atoms with Gasteiger partial charge in [-0.05, 0) is 42.8 Å². The van der Waals surface area contributed by atoms with E-state index in [1.165, 1.54) is 0 Å². The van der Waals surface area contributed by atoms with Crippen LogP contribution in [-0.2, 0) is 9.53 Å². The third-order valence-corrected chi connectivity index (χ3v) is 6.35. The van der Waals surface area contributed by atoms with Gasteiger partial charge in [0.2, 0.25) is 5.91 Å². The van der Waals surface area contributed by atoms with E-state index in [-0.39, 0.29) is 11.3 Å². The molecule has 1 atom stereocenters. The molecule has 0 saturated carbocycles. The lowest BCUT2D eigenvalue weighted by atomic mass is 10.1. The van der Waals surface area contributed by atoms with Crippen molar-refractivity contribution in [2.75, 3.05) is 33.1 Å². The van der Waals surface area contributed by atoms with Gasteiger partial charge in [0, 0.05) is 37.6 Å². The van der Waals surface area contributed by atoms with E-state index in [2.05, 4.69) is 6.20 Å². The average molecular weight is 424 g/mol. The van der Waals surface area contributed by atoms with Crippen LogP contribution in [0.4, 0.5) is 0 Å². The van der Waals surface area contributed by atoms with Crippen molar-refractivity contribution in [3.8, 4) is 22.7 Å². The van der Waals surface area contributed by atoms with Gasteiger partial charge in [0.1, 0.15) is 11.1 Å². The molecule has 1 aliphatic heterocycles. The average Bonchev–Trinajstić information content (AvgIpc) is 3.39. The van der Waals surface area contributed by atoms with E-state index >= 15 is 0 Å². The Balaban J connectivity index is 1.74. The third-order valence-electron chi connectivity index (χ3n) is 5.11. The minimum atomic E-state index is -0.0658. The Morgan fingerprint density at radius 1 is 1.10 bits per heavy atom. The molecule has 0 aliphatic carbocycles. The lowest BCUT2D eigenvalue weighted by Crippen LogP contribution is -2.30. The monoisotopic (exact) mass is 423 g/mol. The van der Waals surface area contributed by atoms with Gasteiger partial charge in [-0.2, -0.15) is 5.10 Å². The molecule has 6 nitrogen and oxygen atoms in total. The summed E-state index contributed by atoms with van der Waals surface area (Å²) in [5, 5.41) is 4.84. The van der Waals surface area contributed by atoms with Gasteiger partial charge in [-0.25, -0.2) is 4.68 Å². The number of ether oxygens (including phenoxy) is 2. The zero-order valence-electron chi connectivity index (χ0n) is 17.2. The fourth-order valence-corrected chi connectivity index (χ4v) is 4.81. The van der Waals surface area contributed by atoms with Crippen molar-refractivity contribution in [1.82, 2.24) is 14.7 Å². The molecule has 2 heterocycles. The zero-order valence-corrected chi connectivity index (χ0v) is 18.0. The highest BCUT2D eigenvalue weighted by atomic mass is 32.2. The smallest absolute Gasteiger partial charge is 0.233 e. The van der Waals surface area contributed by atoms with Crippen LogP contribution < -0.4 is 4.74 Å². The van der Waals surface area contributed by atoms with E-state index in [1.807, 2.05) is 64.2 Å². The Morgan fingerprint density at radius 3 is 2.57 bits per heavy atom. The molecule has 1 amide bonds. The number of para-hydroxylation sites is 1. The molecule has 2 aromatic carbocycles. The summed E-state index contributed by atoms with van der Waals surface area (Å²) < 4.78 is 12.4. The maximum absolute atomic E-state index is 12.6. The molecule has 1 saturated heterocycles. The van der Waals surface area contributed by atoms with Crippen molar-refractivity contribution in [1.29, 1.82) is 0 Å². The van der Waals surface area contributed by atoms with E-state index in [9.17, 15) is 4.79 Å². The van der Waals surface area contributed by atoms with Crippen LogP contribution in [-0.4, -0.2) is 53.7 Å². The molecule has 1 fully saturated rings. The van der Waals surface area contributed by atoms with Gasteiger partial charge in [-0.1, -0.05) is 18.2 Å². The molecule has 0 radical (unpaired) electrons. The number of hydrogen-bond donors (Lipinski definition) is 0. The molecular weight excluding hydrogens is 398 g/mol. The molecule has 1 aliphatic rings. The number of amides is 1. The van der Waals surface area contributed by atoms with Crippen molar-refractivity contribution in [2.45, 2.75) is 11.8 Å². The van der Waals surface area contributed by atoms with Crippen LogP contribution in [0.15, 0.2) is 60.8 Å². The predicted molar refractivity (Wildman–Crippen MR) is 119 cm³/mol. The maximum atomic E-state index is 12.6. The Morgan fingerprint density at radius 2 is 1.87 bits per heavy atom. The Labute approximate surface area is 180 Å². The van der Waals surface area contributed by atoms with Crippen LogP contribution >= 0.6 is 11.8 Å². The minimum absolute atomic E-state index is 0.0658. The quantitative estimate of drug-likeness (QED) is 0.509. The molecule has 0 N–H and O–H groups in total. The maximum Gasteiger partial charge on any atom is 0.233 e. The summed E-state index contributed by atoms with van der Waals surface area (Å²) in [6.45, 7) is 1.30. The van der Waals surface area contributed by atoms with Crippen LogP contribution in [0.3, 0.4) is 0 Å². The van der Waals surface area contributed by atoms with E-state index in [0.29, 0.717) is 18.9 Å². The van der Waals surface area contributed by atoms with Gasteiger partial charge < -0.3 is 14.4 Å². The van der Waals surface area contributed by atoms with E-state index in [4.69, 9.17) is 14.6 Å². The number of aromatic nitrogens is 2. The van der Waals surface area contributed by atoms with Crippen LogP contribution in [0.2, 0.25) is 0 Å². The molecule has 0 spiro atoms. The highest BCUT2D eigenvalue weighted by Gasteiger charge is 2.35. The molecule has 3 aromatic rings. The second kappa shape index (κ2) is 9.36. The van der Waals surface area contributed by atoms with Gasteiger partial charge in [-0.15, -0.1) is 11.8 Å². The van der Waals surface area contributed by atoms with Gasteiger partial charge >= 0.3 is 0 Å². The van der Waals surface area contributed by atoms with Crippen LogP contribution in [0, 0.1) is 0 Å². The summed E-state index contributed by atoms with van der Waals surface area (Å²) in [4.78, 5) is 14.5.